The van der Waals surface area contributed by atoms with E-state index in [1.165, 1.54) is 132 Å². The molecule has 0 saturated heterocycles. The maximum Gasteiger partial charge on any atom is 0.164 e. The standard InChI is InChI=1S/3C28H28N.2C11H20O2.C5H8O2.3Ir/c3*1-18(2)12-24-17-28(25-14-20(4)13-21(5)15-25)29-27-11-10-23(16-26(24)27)22-8-6-19(3)7-9-22;1-10(2,3)8(12)7-9(13)11(4,5)6;1-8(2)5-10(12)7-11(13)6-9(3)4;1-4(6)3-5(2)7;;;/h3*6-11,13-14,16-18H,12H2,1-5H3;7,12H,1-6H3;7-9,12H,5-6H2,1-4H3;3,6H,1-2H3;;;/q3*-1;;;;;;/b;;;;10-7-;4-3-;;;. The number of ketones is 3. The smallest absolute Gasteiger partial charge is 0.164 e. The van der Waals surface area contributed by atoms with Crippen LogP contribution in [0.1, 0.15) is 204 Å². The van der Waals surface area contributed by atoms with Crippen molar-refractivity contribution in [1.82, 2.24) is 15.0 Å². The molecule has 0 amide bonds. The predicted octanol–water partition coefficient (Wildman–Crippen LogP) is 29.7. The van der Waals surface area contributed by atoms with Gasteiger partial charge in [-0.3, -0.25) is 29.3 Å². The fourth-order valence-corrected chi connectivity index (χ4v) is 14.0. The Morgan fingerprint density at radius 3 is 0.854 bits per heavy atom. The van der Waals surface area contributed by atoms with Gasteiger partial charge in [-0.05, 0) is 187 Å². The second-order valence-electron chi connectivity index (χ2n) is 36.9. The molecule has 0 aliphatic carbocycles. The van der Waals surface area contributed by atoms with Crippen LogP contribution in [0.4, 0.5) is 0 Å². The molecule has 0 unspecified atom stereocenters. The van der Waals surface area contributed by atoms with Crippen LogP contribution in [0.3, 0.4) is 0 Å². The van der Waals surface area contributed by atoms with E-state index in [-0.39, 0.29) is 100 Å². The first kappa shape index (κ1) is 106. The zero-order valence-electron chi connectivity index (χ0n) is 77.9. The maximum absolute atomic E-state index is 11.5. The van der Waals surface area contributed by atoms with Gasteiger partial charge in [0.2, 0.25) is 0 Å². The first-order chi connectivity index (χ1) is 56.2. The number of aliphatic hydroxyl groups is 3. The van der Waals surface area contributed by atoms with E-state index in [0.29, 0.717) is 42.4 Å². The Balaban J connectivity index is 0.000000325. The van der Waals surface area contributed by atoms with E-state index in [1.807, 2.05) is 69.2 Å². The monoisotopic (exact) mass is 2180 g/mol. The molecular weight excluding hydrogens is 2050 g/mol. The predicted molar refractivity (Wildman–Crippen MR) is 509 cm³/mol. The van der Waals surface area contributed by atoms with Crippen molar-refractivity contribution in [2.24, 2.45) is 40.4 Å². The summed E-state index contributed by atoms with van der Waals surface area (Å²) in [7, 11) is 0. The number of hydrogen-bond acceptors (Lipinski definition) is 9. The number of fused-ring (bicyclic) bond motifs is 3. The van der Waals surface area contributed by atoms with Crippen LogP contribution in [0.5, 0.6) is 0 Å². The van der Waals surface area contributed by atoms with Crippen LogP contribution < -0.4 is 0 Å². The zero-order chi connectivity index (χ0) is 88.8. The fraction of sp³-hybridized carbons (Fsp3) is 0.351. The molecule has 9 nitrogen and oxygen atoms in total. The van der Waals surface area contributed by atoms with E-state index in [1.54, 1.807) is 0 Å². The van der Waals surface area contributed by atoms with Gasteiger partial charge in [0.15, 0.2) is 17.3 Å². The summed E-state index contributed by atoms with van der Waals surface area (Å²) in [4.78, 5) is 47.8. The number of aromatic nitrogens is 3. The number of aliphatic hydroxyl groups excluding tert-OH is 3. The van der Waals surface area contributed by atoms with Crippen LogP contribution in [-0.2, 0) is 94.0 Å². The van der Waals surface area contributed by atoms with Crippen molar-refractivity contribution in [3.05, 3.63) is 302 Å². The molecule has 0 spiro atoms. The summed E-state index contributed by atoms with van der Waals surface area (Å²) in [6, 6.07) is 76.5. The first-order valence-electron chi connectivity index (χ1n) is 42.6. The fourth-order valence-electron chi connectivity index (χ4n) is 14.0. The third-order valence-corrected chi connectivity index (χ3v) is 19.7. The quantitative estimate of drug-likeness (QED) is 0.0408. The third-order valence-electron chi connectivity index (χ3n) is 19.7. The SMILES string of the molecule is CC(=O)/C=C(/C)O.CC(C)(C)C(=O)C=C(O)C(C)(C)C.CC(C)CC(=O)/C=C(\O)CC(C)C.Cc1[c-]c(-c2cc(CC(C)C)c3cc(-c4ccc(C)cc4)ccc3n2)cc(C)c1.Cc1[c-]c(-c2cc(CC(C)C)c3cc(-c4ccc(C)cc4)ccc3n2)cc(C)c1.Cc1[c-]c(-c2cc(CC(C)C)c3cc(-c4ccc(C)cc4)ccc3n2)cc(C)c1.[Ir].[Ir].[Ir]. The van der Waals surface area contributed by atoms with Crippen molar-refractivity contribution in [2.75, 3.05) is 0 Å². The Morgan fingerprint density at radius 1 is 0.341 bits per heavy atom. The molecule has 0 saturated carbocycles. The summed E-state index contributed by atoms with van der Waals surface area (Å²) in [6.07, 6.45) is 8.07. The number of hydrogen-bond donors (Lipinski definition) is 3. The minimum Gasteiger partial charge on any atom is -0.512 e. The summed E-state index contributed by atoms with van der Waals surface area (Å²) in [5.41, 5.74) is 31.3. The molecule has 0 fully saturated rings. The van der Waals surface area contributed by atoms with E-state index >= 15 is 0 Å². The largest absolute Gasteiger partial charge is 0.512 e. The molecule has 3 aromatic heterocycles. The molecule has 3 heterocycles. The molecule has 9 aromatic carbocycles. The van der Waals surface area contributed by atoms with Gasteiger partial charge in [-0.15, -0.1) is 105 Å². The summed E-state index contributed by atoms with van der Waals surface area (Å²) < 4.78 is 0. The van der Waals surface area contributed by atoms with Gasteiger partial charge in [0.25, 0.3) is 0 Å². The van der Waals surface area contributed by atoms with E-state index in [0.717, 1.165) is 86.3 Å². The second-order valence-corrected chi connectivity index (χ2v) is 36.9. The summed E-state index contributed by atoms with van der Waals surface area (Å²) in [5, 5.41) is 31.0. The molecule has 0 bridgehead atoms. The van der Waals surface area contributed by atoms with E-state index < -0.39 is 5.41 Å². The van der Waals surface area contributed by atoms with Gasteiger partial charge in [-0.25, -0.2) is 0 Å². The Labute approximate surface area is 777 Å². The first-order valence-corrected chi connectivity index (χ1v) is 42.6. The molecule has 123 heavy (non-hydrogen) atoms. The topological polar surface area (TPSA) is 151 Å². The number of nitrogens with zero attached hydrogens (tertiary/aromatic N) is 3. The van der Waals surface area contributed by atoms with Gasteiger partial charge in [-0.2, -0.15) is 0 Å². The molecular formula is C111H132Ir3N3O6-3. The van der Waals surface area contributed by atoms with Gasteiger partial charge in [0.1, 0.15) is 5.76 Å². The van der Waals surface area contributed by atoms with Crippen LogP contribution in [0.15, 0.2) is 217 Å². The maximum atomic E-state index is 11.5. The Morgan fingerprint density at radius 2 is 0.626 bits per heavy atom. The van der Waals surface area contributed by atoms with E-state index in [9.17, 15) is 24.6 Å². The summed E-state index contributed by atoms with van der Waals surface area (Å²) >= 11 is 0. The Hall–Kier alpha value is -9.21. The van der Waals surface area contributed by atoms with E-state index in [4.69, 9.17) is 20.1 Å². The molecule has 657 valence electrons. The summed E-state index contributed by atoms with van der Waals surface area (Å²) in [5.74, 6) is 2.77. The van der Waals surface area contributed by atoms with Crippen LogP contribution >= 0.6 is 0 Å². The number of aryl methyl sites for hydroxylation is 9. The molecule has 3 N–H and O–H groups in total. The number of allylic oxidation sites excluding steroid dienone is 6. The van der Waals surface area contributed by atoms with Gasteiger partial charge in [0, 0.05) is 118 Å². The van der Waals surface area contributed by atoms with Crippen molar-refractivity contribution in [1.29, 1.82) is 0 Å². The minimum atomic E-state index is -0.417. The molecule has 0 aliphatic rings. The van der Waals surface area contributed by atoms with Crippen LogP contribution in [0.25, 0.3) is 99.9 Å². The van der Waals surface area contributed by atoms with Gasteiger partial charge < -0.3 is 15.3 Å². The van der Waals surface area contributed by atoms with Crippen LogP contribution in [0.2, 0.25) is 0 Å². The van der Waals surface area contributed by atoms with Gasteiger partial charge in [0.05, 0.1) is 28.1 Å². The number of carbonyl (C=O) groups is 3. The van der Waals surface area contributed by atoms with Crippen LogP contribution in [0, 0.1) is 121 Å². The van der Waals surface area contributed by atoms with Crippen molar-refractivity contribution >= 4 is 50.1 Å². The van der Waals surface area contributed by atoms with E-state index in [2.05, 4.69) is 304 Å². The number of rotatable bonds is 19. The van der Waals surface area contributed by atoms with Crippen molar-refractivity contribution < 1.29 is 90.0 Å². The van der Waals surface area contributed by atoms with Crippen molar-refractivity contribution in [3.63, 3.8) is 0 Å². The summed E-state index contributed by atoms with van der Waals surface area (Å²) in [6.45, 7) is 54.7. The second kappa shape index (κ2) is 48.9. The molecule has 12 heteroatoms. The molecule has 3 radical (unpaired) electrons. The van der Waals surface area contributed by atoms with Crippen molar-refractivity contribution in [2.45, 2.75) is 219 Å². The average molecular weight is 2180 g/mol. The normalized spacial score (nSPS) is 11.6. The third kappa shape index (κ3) is 34.7. The zero-order valence-corrected chi connectivity index (χ0v) is 85.1. The Kier molecular flexibility index (Phi) is 42.2. The molecule has 0 atom stereocenters. The number of benzene rings is 9. The molecule has 0 aliphatic heterocycles. The van der Waals surface area contributed by atoms with Crippen LogP contribution in [-0.4, -0.2) is 47.6 Å². The minimum absolute atomic E-state index is 0. The van der Waals surface area contributed by atoms with Crippen molar-refractivity contribution in [3.8, 4) is 67.2 Å². The van der Waals surface area contributed by atoms with Gasteiger partial charge >= 0.3 is 0 Å². The molecule has 12 aromatic rings. The average Bonchev–Trinajstić information content (AvgIpc) is 0.787. The van der Waals surface area contributed by atoms with Gasteiger partial charge in [-0.1, -0.05) is 278 Å². The number of carbonyl (C=O) groups excluding carboxylic acids is 3. The molecule has 12 rings (SSSR count). The number of pyridine rings is 3. The Bertz CT molecular complexity index is 5100.